The van der Waals surface area contributed by atoms with Gasteiger partial charge in [-0.2, -0.15) is 0 Å². The molecule has 1 heterocycles. The van der Waals surface area contributed by atoms with Crippen molar-refractivity contribution < 1.29 is 14.3 Å². The van der Waals surface area contributed by atoms with Gasteiger partial charge >= 0.3 is 6.03 Å². The van der Waals surface area contributed by atoms with E-state index in [1.807, 2.05) is 29.2 Å². The topological polar surface area (TPSA) is 54.0 Å². The number of carbonyl (C=O) groups is 1. The maximum atomic E-state index is 12.4. The molecule has 6 nitrogen and oxygen atoms in total. The zero-order valence-electron chi connectivity index (χ0n) is 16.7. The molecule has 0 saturated carbocycles. The molecule has 2 aromatic rings. The molecule has 0 radical (unpaired) electrons. The van der Waals surface area contributed by atoms with Gasteiger partial charge in [0, 0.05) is 39.3 Å². The average molecular weight is 383 g/mol. The average Bonchev–Trinajstić information content (AvgIpc) is 2.74. The predicted molar refractivity (Wildman–Crippen MR) is 110 cm³/mol. The van der Waals surface area contributed by atoms with Crippen molar-refractivity contribution in [2.45, 2.75) is 13.5 Å². The van der Waals surface area contributed by atoms with E-state index in [2.05, 4.69) is 41.4 Å². The second-order valence-electron chi connectivity index (χ2n) is 7.00. The Morgan fingerprint density at radius 2 is 1.61 bits per heavy atom. The van der Waals surface area contributed by atoms with Gasteiger partial charge in [-0.1, -0.05) is 29.8 Å². The van der Waals surface area contributed by atoms with Crippen LogP contribution in [0.2, 0.25) is 0 Å². The van der Waals surface area contributed by atoms with Gasteiger partial charge in [-0.05, 0) is 36.8 Å². The number of carbonyl (C=O) groups excluding carboxylic acids is 1. The molecule has 1 N–H and O–H groups in total. The van der Waals surface area contributed by atoms with Crippen LogP contribution in [0.3, 0.4) is 0 Å². The molecule has 0 atom stereocenters. The molecule has 0 spiro atoms. The van der Waals surface area contributed by atoms with Crippen LogP contribution in [-0.2, 0) is 6.54 Å². The molecular weight excluding hydrogens is 354 g/mol. The van der Waals surface area contributed by atoms with E-state index in [-0.39, 0.29) is 6.03 Å². The Labute approximate surface area is 167 Å². The standard InChI is InChI=1S/C22H29N3O3/c1-18-3-5-19(6-4-18)17-23-22(26)25-13-11-24(12-14-25)15-16-28-21-9-7-20(27-2)8-10-21/h3-10H,11-17H2,1-2H3,(H,23,26). The lowest BCUT2D eigenvalue weighted by molar-refractivity contribution is 0.126. The van der Waals surface area contributed by atoms with Gasteiger partial charge < -0.3 is 19.7 Å². The van der Waals surface area contributed by atoms with E-state index in [1.165, 1.54) is 5.56 Å². The van der Waals surface area contributed by atoms with Gasteiger partial charge in [0.05, 0.1) is 7.11 Å². The first-order valence-electron chi connectivity index (χ1n) is 9.71. The van der Waals surface area contributed by atoms with Crippen LogP contribution < -0.4 is 14.8 Å². The molecule has 28 heavy (non-hydrogen) atoms. The maximum absolute atomic E-state index is 12.4. The fourth-order valence-electron chi connectivity index (χ4n) is 3.13. The Balaban J connectivity index is 1.33. The highest BCUT2D eigenvalue weighted by atomic mass is 16.5. The molecule has 1 aliphatic rings. The zero-order valence-corrected chi connectivity index (χ0v) is 16.7. The fraction of sp³-hybridized carbons (Fsp3) is 0.409. The summed E-state index contributed by atoms with van der Waals surface area (Å²) in [5.41, 5.74) is 2.34. The number of urea groups is 1. The highest BCUT2D eigenvalue weighted by molar-refractivity contribution is 5.74. The normalized spacial score (nSPS) is 14.6. The molecule has 2 amide bonds. The van der Waals surface area contributed by atoms with Gasteiger partial charge in [-0.15, -0.1) is 0 Å². The van der Waals surface area contributed by atoms with E-state index in [0.717, 1.165) is 49.8 Å². The summed E-state index contributed by atoms with van der Waals surface area (Å²) >= 11 is 0. The number of methoxy groups -OCH3 is 1. The van der Waals surface area contributed by atoms with Crippen LogP contribution in [0.25, 0.3) is 0 Å². The zero-order chi connectivity index (χ0) is 19.8. The number of benzene rings is 2. The lowest BCUT2D eigenvalue weighted by atomic mass is 10.1. The number of nitrogens with one attached hydrogen (secondary N) is 1. The molecule has 3 rings (SSSR count). The van der Waals surface area contributed by atoms with E-state index in [1.54, 1.807) is 7.11 Å². The minimum Gasteiger partial charge on any atom is -0.497 e. The van der Waals surface area contributed by atoms with Crippen LogP contribution in [0, 0.1) is 6.92 Å². The van der Waals surface area contributed by atoms with Crippen LogP contribution in [0.5, 0.6) is 11.5 Å². The predicted octanol–water partition coefficient (Wildman–Crippen LogP) is 2.91. The molecule has 2 aromatic carbocycles. The molecule has 6 heteroatoms. The molecule has 0 unspecified atom stereocenters. The Kier molecular flexibility index (Phi) is 7.14. The van der Waals surface area contributed by atoms with Gasteiger partial charge in [0.2, 0.25) is 0 Å². The summed E-state index contributed by atoms with van der Waals surface area (Å²) < 4.78 is 10.9. The summed E-state index contributed by atoms with van der Waals surface area (Å²) in [5.74, 6) is 1.67. The van der Waals surface area contributed by atoms with Gasteiger partial charge in [0.25, 0.3) is 0 Å². The van der Waals surface area contributed by atoms with Crippen LogP contribution in [0.15, 0.2) is 48.5 Å². The van der Waals surface area contributed by atoms with Gasteiger partial charge in [0.1, 0.15) is 18.1 Å². The summed E-state index contributed by atoms with van der Waals surface area (Å²) in [5, 5.41) is 3.01. The first kappa shape index (κ1) is 20.0. The van der Waals surface area contributed by atoms with Crippen molar-refractivity contribution in [3.05, 3.63) is 59.7 Å². The molecular formula is C22H29N3O3. The van der Waals surface area contributed by atoms with E-state index in [9.17, 15) is 4.79 Å². The fourth-order valence-corrected chi connectivity index (χ4v) is 3.13. The highest BCUT2D eigenvalue weighted by Crippen LogP contribution is 2.17. The molecule has 1 aliphatic heterocycles. The third kappa shape index (κ3) is 5.89. The van der Waals surface area contributed by atoms with Crippen molar-refractivity contribution in [1.29, 1.82) is 0 Å². The number of piperazine rings is 1. The van der Waals surface area contributed by atoms with E-state index in [0.29, 0.717) is 13.2 Å². The second kappa shape index (κ2) is 9.99. The number of hydrogen-bond acceptors (Lipinski definition) is 4. The monoisotopic (exact) mass is 383 g/mol. The summed E-state index contributed by atoms with van der Waals surface area (Å²) in [6.07, 6.45) is 0. The molecule has 0 aliphatic carbocycles. The van der Waals surface area contributed by atoms with Crippen molar-refractivity contribution in [2.24, 2.45) is 0 Å². The Hall–Kier alpha value is -2.73. The highest BCUT2D eigenvalue weighted by Gasteiger charge is 2.20. The van der Waals surface area contributed by atoms with E-state index >= 15 is 0 Å². The number of amides is 2. The minimum absolute atomic E-state index is 0.00899. The van der Waals surface area contributed by atoms with Gasteiger partial charge in [0.15, 0.2) is 0 Å². The summed E-state index contributed by atoms with van der Waals surface area (Å²) in [6.45, 7) is 7.31. The third-order valence-corrected chi connectivity index (χ3v) is 4.96. The molecule has 1 fully saturated rings. The summed E-state index contributed by atoms with van der Waals surface area (Å²) in [6, 6.07) is 15.8. The smallest absolute Gasteiger partial charge is 0.317 e. The van der Waals surface area contributed by atoms with Crippen LogP contribution in [-0.4, -0.2) is 62.3 Å². The van der Waals surface area contributed by atoms with Crippen LogP contribution in [0.1, 0.15) is 11.1 Å². The first-order chi connectivity index (χ1) is 13.6. The first-order valence-corrected chi connectivity index (χ1v) is 9.71. The maximum Gasteiger partial charge on any atom is 0.317 e. The number of ether oxygens (including phenoxy) is 2. The molecule has 150 valence electrons. The lowest BCUT2D eigenvalue weighted by Gasteiger charge is -2.34. The van der Waals surface area contributed by atoms with Crippen molar-refractivity contribution in [3.8, 4) is 11.5 Å². The van der Waals surface area contributed by atoms with Crippen molar-refractivity contribution >= 4 is 6.03 Å². The molecule has 0 aromatic heterocycles. The lowest BCUT2D eigenvalue weighted by Crippen LogP contribution is -2.52. The van der Waals surface area contributed by atoms with Gasteiger partial charge in [-0.25, -0.2) is 4.79 Å². The Morgan fingerprint density at radius 1 is 0.964 bits per heavy atom. The van der Waals surface area contributed by atoms with Crippen LogP contribution >= 0.6 is 0 Å². The van der Waals surface area contributed by atoms with Gasteiger partial charge in [-0.3, -0.25) is 4.90 Å². The quantitative estimate of drug-likeness (QED) is 0.799. The molecule has 1 saturated heterocycles. The second-order valence-corrected chi connectivity index (χ2v) is 7.00. The largest absolute Gasteiger partial charge is 0.497 e. The van der Waals surface area contributed by atoms with Crippen molar-refractivity contribution in [1.82, 2.24) is 15.1 Å². The van der Waals surface area contributed by atoms with Crippen molar-refractivity contribution in [3.63, 3.8) is 0 Å². The number of rotatable bonds is 7. The number of nitrogens with zero attached hydrogens (tertiary/aromatic N) is 2. The van der Waals surface area contributed by atoms with E-state index < -0.39 is 0 Å². The number of aryl methyl sites for hydroxylation is 1. The third-order valence-electron chi connectivity index (χ3n) is 4.96. The van der Waals surface area contributed by atoms with Crippen molar-refractivity contribution in [2.75, 3.05) is 46.4 Å². The SMILES string of the molecule is COc1ccc(OCCN2CCN(C(=O)NCc3ccc(C)cc3)CC2)cc1. The number of hydrogen-bond donors (Lipinski definition) is 1. The minimum atomic E-state index is 0.00899. The Bertz CT molecular complexity index is 739. The molecule has 0 bridgehead atoms. The summed E-state index contributed by atoms with van der Waals surface area (Å²) in [4.78, 5) is 16.6. The Morgan fingerprint density at radius 3 is 2.25 bits per heavy atom. The summed E-state index contributed by atoms with van der Waals surface area (Å²) in [7, 11) is 1.65. The van der Waals surface area contributed by atoms with Crippen LogP contribution in [0.4, 0.5) is 4.79 Å². The van der Waals surface area contributed by atoms with E-state index in [4.69, 9.17) is 9.47 Å².